The number of halogens is 2. The molecule has 2 heterocycles. The van der Waals surface area contributed by atoms with Crippen molar-refractivity contribution >= 4 is 68.9 Å². The van der Waals surface area contributed by atoms with E-state index in [2.05, 4.69) is 17.1 Å². The highest BCUT2D eigenvalue weighted by atomic mass is 35.5. The third-order valence-electron chi connectivity index (χ3n) is 5.07. The van der Waals surface area contributed by atoms with Crippen LogP contribution in [0.25, 0.3) is 5.76 Å². The predicted molar refractivity (Wildman–Crippen MR) is 133 cm³/mol. The number of carbonyl (C=O) groups is 2. The van der Waals surface area contributed by atoms with Crippen LogP contribution in [0.4, 0.5) is 5.13 Å². The topological polar surface area (TPSA) is 83.4 Å². The van der Waals surface area contributed by atoms with E-state index in [9.17, 15) is 14.7 Å². The first kappa shape index (κ1) is 23.8. The maximum atomic E-state index is 13.1. The summed E-state index contributed by atoms with van der Waals surface area (Å²) in [4.78, 5) is 27.6. The molecule has 6 nitrogen and oxygen atoms in total. The molecule has 0 saturated carbocycles. The van der Waals surface area contributed by atoms with Gasteiger partial charge in [0.25, 0.3) is 5.78 Å². The molecule has 0 aliphatic carbocycles. The number of hydrogen-bond acceptors (Lipinski definition) is 7. The van der Waals surface area contributed by atoms with Gasteiger partial charge < -0.3 is 5.11 Å². The normalized spacial score (nSPS) is 17.7. The molecule has 1 fully saturated rings. The molecule has 33 heavy (non-hydrogen) atoms. The maximum absolute atomic E-state index is 13.1. The Kier molecular flexibility index (Phi) is 7.38. The highest BCUT2D eigenvalue weighted by molar-refractivity contribution is 8.01. The predicted octanol–water partition coefficient (Wildman–Crippen LogP) is 6.36. The lowest BCUT2D eigenvalue weighted by Crippen LogP contribution is -2.29. The number of aromatic nitrogens is 2. The number of benzene rings is 2. The van der Waals surface area contributed by atoms with Gasteiger partial charge in [0.1, 0.15) is 5.76 Å². The molecule has 1 aliphatic heterocycles. The Morgan fingerprint density at radius 2 is 1.70 bits per heavy atom. The van der Waals surface area contributed by atoms with E-state index in [1.54, 1.807) is 60.3 Å². The van der Waals surface area contributed by atoms with Gasteiger partial charge in [0.15, 0.2) is 4.34 Å². The zero-order valence-corrected chi connectivity index (χ0v) is 20.6. The van der Waals surface area contributed by atoms with E-state index in [4.69, 9.17) is 23.2 Å². The summed E-state index contributed by atoms with van der Waals surface area (Å²) in [7, 11) is 0. The van der Waals surface area contributed by atoms with Crippen LogP contribution in [0.5, 0.6) is 0 Å². The number of Topliss-reactive ketones (excluding diaryl/α,β-unsaturated/α-hetero) is 1. The minimum absolute atomic E-state index is 0.0277. The van der Waals surface area contributed by atoms with Crippen LogP contribution in [-0.2, 0) is 9.59 Å². The monoisotopic (exact) mass is 519 g/mol. The van der Waals surface area contributed by atoms with Gasteiger partial charge in [-0.3, -0.25) is 14.5 Å². The summed E-state index contributed by atoms with van der Waals surface area (Å²) in [6.45, 7) is 2.11. The van der Waals surface area contributed by atoms with E-state index >= 15 is 0 Å². The van der Waals surface area contributed by atoms with Crippen LogP contribution in [0.15, 0.2) is 58.4 Å². The number of anilines is 1. The van der Waals surface area contributed by atoms with Gasteiger partial charge in [0.2, 0.25) is 5.13 Å². The number of carbonyl (C=O) groups excluding carboxylic acids is 2. The lowest BCUT2D eigenvalue weighted by Gasteiger charge is -2.22. The average molecular weight is 520 g/mol. The summed E-state index contributed by atoms with van der Waals surface area (Å²) in [6.07, 6.45) is 2.10. The standard InChI is InChI=1S/C23H19Cl2N3O3S2/c1-2-3-12-32-23-27-26-22(33-23)28-18(13-4-8-15(24)9-5-13)17(20(30)21(28)31)19(29)14-6-10-16(25)11-7-14/h4-11,18,29H,2-3,12H2,1H3/b19-17+/t18-/m1/s1. The molecule has 4 rings (SSSR count). The summed E-state index contributed by atoms with van der Waals surface area (Å²) in [5.41, 5.74) is 0.967. The number of amides is 1. The van der Waals surface area contributed by atoms with Crippen LogP contribution in [0.1, 0.15) is 36.9 Å². The molecule has 0 bridgehead atoms. The van der Waals surface area contributed by atoms with Crippen molar-refractivity contribution in [2.24, 2.45) is 0 Å². The van der Waals surface area contributed by atoms with E-state index in [0.29, 0.717) is 30.6 Å². The second-order valence-corrected chi connectivity index (χ2v) is 10.5. The number of aliphatic hydroxyl groups excluding tert-OH is 1. The Balaban J connectivity index is 1.81. The third-order valence-corrected chi connectivity index (χ3v) is 7.72. The van der Waals surface area contributed by atoms with Crippen LogP contribution in [-0.4, -0.2) is 32.7 Å². The molecule has 0 unspecified atom stereocenters. The molecule has 1 saturated heterocycles. The van der Waals surface area contributed by atoms with Crippen LogP contribution >= 0.6 is 46.3 Å². The molecule has 170 valence electrons. The molecule has 1 atom stereocenters. The fourth-order valence-corrected chi connectivity index (χ4v) is 5.69. The molecule has 0 spiro atoms. The van der Waals surface area contributed by atoms with Crippen molar-refractivity contribution in [2.45, 2.75) is 30.1 Å². The largest absolute Gasteiger partial charge is 0.507 e. The van der Waals surface area contributed by atoms with E-state index in [1.807, 2.05) is 0 Å². The fourth-order valence-electron chi connectivity index (χ4n) is 3.42. The molecule has 1 aromatic heterocycles. The second kappa shape index (κ2) is 10.3. The van der Waals surface area contributed by atoms with Gasteiger partial charge >= 0.3 is 5.91 Å². The van der Waals surface area contributed by atoms with Crippen molar-refractivity contribution < 1.29 is 14.7 Å². The van der Waals surface area contributed by atoms with Crippen LogP contribution in [0, 0.1) is 0 Å². The molecular weight excluding hydrogens is 501 g/mol. The zero-order valence-electron chi connectivity index (χ0n) is 17.5. The lowest BCUT2D eigenvalue weighted by molar-refractivity contribution is -0.132. The van der Waals surface area contributed by atoms with Gasteiger partial charge in [0, 0.05) is 21.4 Å². The van der Waals surface area contributed by atoms with Gasteiger partial charge in [-0.05, 0) is 48.4 Å². The fraction of sp³-hybridized carbons (Fsp3) is 0.217. The van der Waals surface area contributed by atoms with Crippen LogP contribution in [0.3, 0.4) is 0 Å². The van der Waals surface area contributed by atoms with Gasteiger partial charge in [-0.25, -0.2) is 0 Å². The van der Waals surface area contributed by atoms with Crippen molar-refractivity contribution in [3.63, 3.8) is 0 Å². The van der Waals surface area contributed by atoms with Crippen molar-refractivity contribution in [3.05, 3.63) is 75.3 Å². The Bertz CT molecular complexity index is 1210. The Morgan fingerprint density at radius 1 is 1.06 bits per heavy atom. The molecular formula is C23H19Cl2N3O3S2. The third kappa shape index (κ3) is 4.94. The number of thioether (sulfide) groups is 1. The summed E-state index contributed by atoms with van der Waals surface area (Å²) in [5, 5.41) is 20.7. The van der Waals surface area contributed by atoms with E-state index in [0.717, 1.165) is 18.6 Å². The maximum Gasteiger partial charge on any atom is 0.301 e. The highest BCUT2D eigenvalue weighted by Crippen LogP contribution is 2.44. The first-order chi connectivity index (χ1) is 15.9. The number of nitrogens with zero attached hydrogens (tertiary/aromatic N) is 3. The van der Waals surface area contributed by atoms with Crippen molar-refractivity contribution in [2.75, 3.05) is 10.7 Å². The van der Waals surface area contributed by atoms with Crippen molar-refractivity contribution in [3.8, 4) is 0 Å². The van der Waals surface area contributed by atoms with Gasteiger partial charge in [0.05, 0.1) is 11.6 Å². The summed E-state index contributed by atoms with van der Waals surface area (Å²) < 4.78 is 0.716. The number of aliphatic hydroxyl groups is 1. The van der Waals surface area contributed by atoms with E-state index in [1.165, 1.54) is 16.2 Å². The molecule has 3 aromatic rings. The molecule has 10 heteroatoms. The molecule has 0 radical (unpaired) electrons. The van der Waals surface area contributed by atoms with E-state index in [-0.39, 0.29) is 11.3 Å². The SMILES string of the molecule is CCCCSc1nnc(N2C(=O)C(=O)/C(=C(/O)c3ccc(Cl)cc3)[C@H]2c2ccc(Cl)cc2)s1. The number of unbranched alkanes of at least 4 members (excludes halogenated alkanes) is 1. The molecule has 1 aliphatic rings. The number of ketones is 1. The minimum Gasteiger partial charge on any atom is -0.507 e. The summed E-state index contributed by atoms with van der Waals surface area (Å²) in [5.74, 6) is -0.958. The average Bonchev–Trinajstić information content (AvgIpc) is 3.37. The number of hydrogen-bond donors (Lipinski definition) is 1. The van der Waals surface area contributed by atoms with Gasteiger partial charge in [-0.1, -0.05) is 71.8 Å². The number of rotatable bonds is 7. The molecule has 2 aromatic carbocycles. The second-order valence-electron chi connectivity index (χ2n) is 7.28. The molecule has 1 amide bonds. The first-order valence-electron chi connectivity index (χ1n) is 10.2. The summed E-state index contributed by atoms with van der Waals surface area (Å²) >= 11 is 14.8. The first-order valence-corrected chi connectivity index (χ1v) is 12.7. The lowest BCUT2D eigenvalue weighted by atomic mass is 9.95. The smallest absolute Gasteiger partial charge is 0.301 e. The Labute approximate surface area is 209 Å². The van der Waals surface area contributed by atoms with Crippen LogP contribution < -0.4 is 4.90 Å². The summed E-state index contributed by atoms with van der Waals surface area (Å²) in [6, 6.07) is 12.3. The van der Waals surface area contributed by atoms with Gasteiger partial charge in [-0.2, -0.15) is 0 Å². The van der Waals surface area contributed by atoms with Gasteiger partial charge in [-0.15, -0.1) is 10.2 Å². The zero-order chi connectivity index (χ0) is 23.5. The van der Waals surface area contributed by atoms with E-state index < -0.39 is 17.7 Å². The minimum atomic E-state index is -0.876. The Hall–Kier alpha value is -2.39. The Morgan fingerprint density at radius 3 is 2.33 bits per heavy atom. The quantitative estimate of drug-likeness (QED) is 0.0975. The van der Waals surface area contributed by atoms with Crippen molar-refractivity contribution in [1.29, 1.82) is 0 Å². The highest BCUT2D eigenvalue weighted by Gasteiger charge is 2.48. The van der Waals surface area contributed by atoms with Crippen LogP contribution in [0.2, 0.25) is 10.0 Å². The van der Waals surface area contributed by atoms with Crippen molar-refractivity contribution in [1.82, 2.24) is 10.2 Å². The molecule has 1 N–H and O–H groups in total.